The molecule has 2 aromatic heterocycles. The van der Waals surface area contributed by atoms with Crippen LogP contribution in [0.25, 0.3) is 17.0 Å². The van der Waals surface area contributed by atoms with Crippen LogP contribution in [0.15, 0.2) is 34.2 Å². The molecule has 0 amide bonds. The molecule has 0 aliphatic heterocycles. The molecule has 0 unspecified atom stereocenters. The average Bonchev–Trinajstić information content (AvgIpc) is 2.82. The Labute approximate surface area is 151 Å². The Bertz CT molecular complexity index is 1050. The molecular weight excluding hydrogens is 332 g/mol. The van der Waals surface area contributed by atoms with Crippen LogP contribution < -0.4 is 5.56 Å². The molecule has 3 aromatic rings. The predicted octanol–water partition coefficient (Wildman–Crippen LogP) is 3.43. The first kappa shape index (κ1) is 16.4. The lowest BCUT2D eigenvalue weighted by Gasteiger charge is -2.32. The maximum absolute atomic E-state index is 13.5. The molecule has 0 N–H and O–H groups in total. The second-order valence-corrected chi connectivity index (χ2v) is 9.11. The van der Waals surface area contributed by atoms with Crippen molar-refractivity contribution in [1.29, 1.82) is 0 Å². The fraction of sp³-hybridized carbons (Fsp3) is 0.421. The number of fused-ring (bicyclic) bond motifs is 4. The molecule has 0 atom stereocenters. The van der Waals surface area contributed by atoms with Gasteiger partial charge in [-0.25, -0.2) is 14.1 Å². The van der Waals surface area contributed by atoms with Crippen molar-refractivity contribution in [1.82, 2.24) is 19.2 Å². The van der Waals surface area contributed by atoms with Gasteiger partial charge in [-0.15, -0.1) is 5.10 Å². The Morgan fingerprint density at radius 3 is 2.68 bits per heavy atom. The molecule has 1 aromatic carbocycles. The molecule has 0 radical (unpaired) electrons. The average molecular weight is 354 g/mol. The number of benzene rings is 1. The molecule has 1 aliphatic rings. The number of aryl methyl sites for hydroxylation is 1. The zero-order chi connectivity index (χ0) is 17.9. The van der Waals surface area contributed by atoms with E-state index in [0.717, 1.165) is 23.2 Å². The van der Waals surface area contributed by atoms with E-state index in [0.29, 0.717) is 16.2 Å². The van der Waals surface area contributed by atoms with Crippen LogP contribution in [0.3, 0.4) is 0 Å². The molecule has 5 nitrogen and oxygen atoms in total. The largest absolute Gasteiger partial charge is 0.268 e. The van der Waals surface area contributed by atoms with Crippen LogP contribution in [0.1, 0.15) is 38.8 Å². The second-order valence-electron chi connectivity index (χ2n) is 7.57. The summed E-state index contributed by atoms with van der Waals surface area (Å²) in [5.74, 6) is 0.597. The van der Waals surface area contributed by atoms with Crippen molar-refractivity contribution in [2.75, 3.05) is 0 Å². The van der Waals surface area contributed by atoms with Gasteiger partial charge in [-0.1, -0.05) is 63.7 Å². The standard InChI is InChI=1S/C19H22N4OS/c1-11(2)25-18-21-22(5)17-20-15-13-9-7-6-8-12(13)10-19(3,4)14(15)16(24)23(17)18/h6-9,11H,10H2,1-5H3. The highest BCUT2D eigenvalue weighted by Crippen LogP contribution is 2.40. The van der Waals surface area contributed by atoms with Gasteiger partial charge >= 0.3 is 0 Å². The minimum atomic E-state index is -0.259. The third-order valence-electron chi connectivity index (χ3n) is 4.70. The molecule has 0 saturated carbocycles. The Morgan fingerprint density at radius 2 is 1.96 bits per heavy atom. The molecule has 0 saturated heterocycles. The molecule has 4 rings (SSSR count). The Hall–Kier alpha value is -2.08. The van der Waals surface area contributed by atoms with Crippen LogP contribution in [0.4, 0.5) is 0 Å². The van der Waals surface area contributed by atoms with Gasteiger partial charge in [0.25, 0.3) is 5.56 Å². The topological polar surface area (TPSA) is 52.2 Å². The van der Waals surface area contributed by atoms with E-state index in [2.05, 4.69) is 44.9 Å². The Morgan fingerprint density at radius 1 is 1.24 bits per heavy atom. The van der Waals surface area contributed by atoms with E-state index >= 15 is 0 Å². The minimum Gasteiger partial charge on any atom is -0.268 e. The van der Waals surface area contributed by atoms with Crippen LogP contribution in [-0.2, 0) is 18.9 Å². The highest BCUT2D eigenvalue weighted by atomic mass is 32.2. The number of aromatic nitrogens is 4. The van der Waals surface area contributed by atoms with Crippen LogP contribution >= 0.6 is 11.8 Å². The summed E-state index contributed by atoms with van der Waals surface area (Å²) in [6.07, 6.45) is 0.839. The van der Waals surface area contributed by atoms with Gasteiger partial charge in [0.15, 0.2) is 5.16 Å². The lowest BCUT2D eigenvalue weighted by molar-refractivity contribution is 0.505. The first-order chi connectivity index (χ1) is 11.8. The molecular formula is C19H22N4OS. The van der Waals surface area contributed by atoms with E-state index in [1.165, 1.54) is 5.56 Å². The van der Waals surface area contributed by atoms with E-state index < -0.39 is 0 Å². The summed E-state index contributed by atoms with van der Waals surface area (Å²) in [5.41, 5.74) is 3.66. The number of hydrogen-bond acceptors (Lipinski definition) is 4. The van der Waals surface area contributed by atoms with Gasteiger partial charge < -0.3 is 0 Å². The third kappa shape index (κ3) is 2.42. The summed E-state index contributed by atoms with van der Waals surface area (Å²) in [6, 6.07) is 8.25. The Balaban J connectivity index is 2.12. The molecule has 130 valence electrons. The van der Waals surface area contributed by atoms with Gasteiger partial charge in [0.2, 0.25) is 5.78 Å². The van der Waals surface area contributed by atoms with E-state index in [-0.39, 0.29) is 11.0 Å². The minimum absolute atomic E-state index is 0.00996. The van der Waals surface area contributed by atoms with Crippen molar-refractivity contribution in [3.8, 4) is 11.3 Å². The summed E-state index contributed by atoms with van der Waals surface area (Å²) in [6.45, 7) is 8.45. The van der Waals surface area contributed by atoms with E-state index in [1.807, 2.05) is 19.2 Å². The second kappa shape index (κ2) is 5.46. The SMILES string of the molecule is CC(C)Sc1nn(C)c2nc3c(c(=O)n12)C(C)(C)Cc1ccccc1-3. The van der Waals surface area contributed by atoms with Gasteiger partial charge in [0, 0.05) is 23.3 Å². The molecule has 1 aliphatic carbocycles. The normalized spacial score (nSPS) is 15.4. The van der Waals surface area contributed by atoms with Crippen molar-refractivity contribution < 1.29 is 0 Å². The van der Waals surface area contributed by atoms with Gasteiger partial charge in [-0.2, -0.15) is 0 Å². The van der Waals surface area contributed by atoms with Crippen LogP contribution in [0.2, 0.25) is 0 Å². The third-order valence-corrected chi connectivity index (χ3v) is 5.65. The highest BCUT2D eigenvalue weighted by Gasteiger charge is 2.36. The Kier molecular flexibility index (Phi) is 3.58. The highest BCUT2D eigenvalue weighted by molar-refractivity contribution is 7.99. The van der Waals surface area contributed by atoms with Crippen LogP contribution in [-0.4, -0.2) is 24.4 Å². The van der Waals surface area contributed by atoms with E-state index in [1.54, 1.807) is 20.8 Å². The van der Waals surface area contributed by atoms with Gasteiger partial charge in [0.05, 0.1) is 11.3 Å². The van der Waals surface area contributed by atoms with Gasteiger partial charge in [0.1, 0.15) is 0 Å². The fourth-order valence-electron chi connectivity index (χ4n) is 3.68. The maximum atomic E-state index is 13.5. The summed E-state index contributed by atoms with van der Waals surface area (Å²) < 4.78 is 3.38. The molecule has 2 heterocycles. The summed E-state index contributed by atoms with van der Waals surface area (Å²) in [7, 11) is 1.85. The quantitative estimate of drug-likeness (QED) is 0.662. The van der Waals surface area contributed by atoms with Crippen molar-refractivity contribution in [2.45, 2.75) is 49.9 Å². The van der Waals surface area contributed by atoms with Gasteiger partial charge in [-0.05, 0) is 12.0 Å². The summed E-state index contributed by atoms with van der Waals surface area (Å²) in [5, 5.41) is 5.60. The summed E-state index contributed by atoms with van der Waals surface area (Å²) in [4.78, 5) is 18.4. The monoisotopic (exact) mass is 354 g/mol. The van der Waals surface area contributed by atoms with Crippen molar-refractivity contribution >= 4 is 17.5 Å². The first-order valence-electron chi connectivity index (χ1n) is 8.55. The van der Waals surface area contributed by atoms with Crippen LogP contribution in [0.5, 0.6) is 0 Å². The number of rotatable bonds is 2. The number of thioether (sulfide) groups is 1. The molecule has 0 fully saturated rings. The van der Waals surface area contributed by atoms with E-state index in [4.69, 9.17) is 4.98 Å². The van der Waals surface area contributed by atoms with Gasteiger partial charge in [-0.3, -0.25) is 4.79 Å². The van der Waals surface area contributed by atoms with Crippen molar-refractivity contribution in [2.24, 2.45) is 7.05 Å². The molecule has 25 heavy (non-hydrogen) atoms. The fourth-order valence-corrected chi connectivity index (χ4v) is 4.54. The number of nitrogens with zero attached hydrogens (tertiary/aromatic N) is 4. The zero-order valence-corrected chi connectivity index (χ0v) is 16.0. The number of hydrogen-bond donors (Lipinski definition) is 0. The van der Waals surface area contributed by atoms with Crippen molar-refractivity contribution in [3.05, 3.63) is 45.7 Å². The summed E-state index contributed by atoms with van der Waals surface area (Å²) >= 11 is 1.59. The lowest BCUT2D eigenvalue weighted by atomic mass is 9.72. The smallest absolute Gasteiger partial charge is 0.265 e. The molecule has 0 spiro atoms. The van der Waals surface area contributed by atoms with E-state index in [9.17, 15) is 4.79 Å². The van der Waals surface area contributed by atoms with Crippen molar-refractivity contribution in [3.63, 3.8) is 0 Å². The maximum Gasteiger partial charge on any atom is 0.265 e. The first-order valence-corrected chi connectivity index (χ1v) is 9.43. The lowest BCUT2D eigenvalue weighted by Crippen LogP contribution is -2.36. The zero-order valence-electron chi connectivity index (χ0n) is 15.2. The van der Waals surface area contributed by atoms with Crippen LogP contribution in [0, 0.1) is 0 Å². The molecule has 6 heteroatoms. The predicted molar refractivity (Wildman–Crippen MR) is 101 cm³/mol. The molecule has 0 bridgehead atoms.